The Kier molecular flexibility index (Phi) is 6.39. The average Bonchev–Trinajstić information content (AvgIpc) is 2.97. The quantitative estimate of drug-likeness (QED) is 0.715. The Balaban J connectivity index is 1.89. The van der Waals surface area contributed by atoms with Gasteiger partial charge in [-0.05, 0) is 73.5 Å². The zero-order valence-electron chi connectivity index (χ0n) is 16.5. The molecule has 0 aromatic heterocycles. The van der Waals surface area contributed by atoms with Crippen molar-refractivity contribution >= 4 is 40.6 Å². The number of aryl methyl sites for hydroxylation is 2. The number of carbonyl (C=O) groups is 2. The highest BCUT2D eigenvalue weighted by molar-refractivity contribution is 8.18. The first-order chi connectivity index (χ1) is 13.9. The van der Waals surface area contributed by atoms with E-state index in [0.29, 0.717) is 22.4 Å². The van der Waals surface area contributed by atoms with E-state index < -0.39 is 12.6 Å². The molecule has 6 nitrogen and oxygen atoms in total. The van der Waals surface area contributed by atoms with Crippen LogP contribution in [-0.4, -0.2) is 40.2 Å². The van der Waals surface area contributed by atoms with Crippen LogP contribution in [0.3, 0.4) is 0 Å². The van der Waals surface area contributed by atoms with Gasteiger partial charge in [-0.2, -0.15) is 0 Å². The zero-order chi connectivity index (χ0) is 21.0. The number of ether oxygens (including phenoxy) is 1. The van der Waals surface area contributed by atoms with E-state index in [2.05, 4.69) is 0 Å². The Morgan fingerprint density at radius 2 is 2.03 bits per heavy atom. The van der Waals surface area contributed by atoms with Crippen LogP contribution in [0.15, 0.2) is 52.4 Å². The number of likely N-dealkylation sites (N-methyl/N-ethyl adjacent to an activating group) is 1. The SMILES string of the molecule is CCN1C(=O)/C(=C\c2cccc(OCC(=O)O)c2)SC1=Nc1cc(C)ccc1C. The van der Waals surface area contributed by atoms with Crippen LogP contribution in [0.25, 0.3) is 6.08 Å². The lowest BCUT2D eigenvalue weighted by atomic mass is 10.1. The summed E-state index contributed by atoms with van der Waals surface area (Å²) in [5.74, 6) is -0.701. The van der Waals surface area contributed by atoms with Crippen molar-refractivity contribution in [1.82, 2.24) is 4.90 Å². The number of benzene rings is 2. The molecule has 0 saturated carbocycles. The van der Waals surface area contributed by atoms with Crippen LogP contribution in [-0.2, 0) is 9.59 Å². The second kappa shape index (κ2) is 8.96. The third kappa shape index (κ3) is 5.06. The van der Waals surface area contributed by atoms with Gasteiger partial charge >= 0.3 is 5.97 Å². The highest BCUT2D eigenvalue weighted by Gasteiger charge is 2.32. The summed E-state index contributed by atoms with van der Waals surface area (Å²) in [7, 11) is 0. The van der Waals surface area contributed by atoms with Gasteiger partial charge < -0.3 is 9.84 Å². The number of carboxylic acids is 1. The number of nitrogens with zero attached hydrogens (tertiary/aromatic N) is 2. The van der Waals surface area contributed by atoms with E-state index >= 15 is 0 Å². The molecule has 1 aliphatic heterocycles. The van der Waals surface area contributed by atoms with E-state index in [9.17, 15) is 9.59 Å². The Morgan fingerprint density at radius 3 is 2.76 bits per heavy atom. The van der Waals surface area contributed by atoms with Crippen molar-refractivity contribution < 1.29 is 19.4 Å². The Labute approximate surface area is 173 Å². The number of aliphatic carboxylic acids is 1. The fourth-order valence-electron chi connectivity index (χ4n) is 2.80. The highest BCUT2D eigenvalue weighted by atomic mass is 32.2. The molecular weight excluding hydrogens is 388 g/mol. The van der Waals surface area contributed by atoms with Gasteiger partial charge in [-0.15, -0.1) is 0 Å². The normalized spacial score (nSPS) is 16.7. The summed E-state index contributed by atoms with van der Waals surface area (Å²) in [6.45, 7) is 6.04. The van der Waals surface area contributed by atoms with Gasteiger partial charge in [0, 0.05) is 6.54 Å². The molecule has 2 aromatic rings. The molecular formula is C22H22N2O4S. The number of hydrogen-bond donors (Lipinski definition) is 1. The van der Waals surface area contributed by atoms with Crippen LogP contribution < -0.4 is 4.74 Å². The van der Waals surface area contributed by atoms with Crippen molar-refractivity contribution in [3.05, 3.63) is 64.1 Å². The van der Waals surface area contributed by atoms with Crippen LogP contribution in [0, 0.1) is 13.8 Å². The molecule has 0 atom stereocenters. The largest absolute Gasteiger partial charge is 0.482 e. The second-order valence-electron chi connectivity index (χ2n) is 6.60. The summed E-state index contributed by atoms with van der Waals surface area (Å²) in [6, 6.07) is 13.0. The number of aliphatic imine (C=N–C) groups is 1. The first-order valence-electron chi connectivity index (χ1n) is 9.19. The van der Waals surface area contributed by atoms with E-state index in [-0.39, 0.29) is 5.91 Å². The molecule has 7 heteroatoms. The van der Waals surface area contributed by atoms with Gasteiger partial charge in [-0.25, -0.2) is 9.79 Å². The Hall–Kier alpha value is -3.06. The molecule has 1 heterocycles. The molecule has 0 unspecified atom stereocenters. The minimum Gasteiger partial charge on any atom is -0.482 e. The molecule has 3 rings (SSSR count). The molecule has 1 aliphatic rings. The maximum absolute atomic E-state index is 12.8. The third-order valence-corrected chi connectivity index (χ3v) is 5.31. The topological polar surface area (TPSA) is 79.2 Å². The summed E-state index contributed by atoms with van der Waals surface area (Å²) in [5, 5.41) is 9.40. The zero-order valence-corrected chi connectivity index (χ0v) is 17.3. The average molecular weight is 410 g/mol. The van der Waals surface area contributed by atoms with Gasteiger partial charge in [0.2, 0.25) is 0 Å². The molecule has 0 bridgehead atoms. The predicted octanol–water partition coefficient (Wildman–Crippen LogP) is 4.39. The van der Waals surface area contributed by atoms with Crippen LogP contribution in [0.4, 0.5) is 5.69 Å². The number of carboxylic acid groups (broad SMARTS) is 1. The number of carbonyl (C=O) groups excluding carboxylic acids is 1. The van der Waals surface area contributed by atoms with E-state index in [1.807, 2.05) is 45.0 Å². The lowest BCUT2D eigenvalue weighted by Gasteiger charge is -2.12. The number of amides is 1. The first kappa shape index (κ1) is 20.7. The van der Waals surface area contributed by atoms with Gasteiger partial charge in [0.15, 0.2) is 11.8 Å². The number of rotatable bonds is 6. The van der Waals surface area contributed by atoms with Gasteiger partial charge in [0.1, 0.15) is 5.75 Å². The molecule has 1 N–H and O–H groups in total. The van der Waals surface area contributed by atoms with Crippen LogP contribution in [0.2, 0.25) is 0 Å². The minimum absolute atomic E-state index is 0.0987. The van der Waals surface area contributed by atoms with E-state index in [1.165, 1.54) is 11.8 Å². The maximum atomic E-state index is 12.8. The predicted molar refractivity (Wildman–Crippen MR) is 116 cm³/mol. The van der Waals surface area contributed by atoms with Gasteiger partial charge in [0.05, 0.1) is 10.6 Å². The Bertz CT molecular complexity index is 1010. The molecule has 1 amide bonds. The van der Waals surface area contributed by atoms with Gasteiger partial charge in [-0.3, -0.25) is 9.69 Å². The number of hydrogen-bond acceptors (Lipinski definition) is 5. The van der Waals surface area contributed by atoms with Crippen molar-refractivity contribution in [1.29, 1.82) is 0 Å². The minimum atomic E-state index is -1.04. The number of amidine groups is 1. The van der Waals surface area contributed by atoms with Crippen LogP contribution in [0.5, 0.6) is 5.75 Å². The molecule has 0 radical (unpaired) electrons. The monoisotopic (exact) mass is 410 g/mol. The number of thioether (sulfide) groups is 1. The van der Waals surface area contributed by atoms with Crippen LogP contribution >= 0.6 is 11.8 Å². The van der Waals surface area contributed by atoms with Crippen molar-refractivity contribution in [2.75, 3.05) is 13.2 Å². The summed E-state index contributed by atoms with van der Waals surface area (Å²) < 4.78 is 5.21. The second-order valence-corrected chi connectivity index (χ2v) is 7.61. The van der Waals surface area contributed by atoms with Crippen molar-refractivity contribution in [2.45, 2.75) is 20.8 Å². The smallest absolute Gasteiger partial charge is 0.341 e. The standard InChI is InChI=1S/C22H22N2O4S/c1-4-24-21(27)19(12-16-6-5-7-17(11-16)28-13-20(25)26)29-22(24)23-18-10-14(2)8-9-15(18)3/h5-12H,4,13H2,1-3H3,(H,25,26)/b19-12+,23-22?. The third-order valence-electron chi connectivity index (χ3n) is 4.30. The van der Waals surface area contributed by atoms with E-state index in [0.717, 1.165) is 22.4 Å². The molecule has 0 aliphatic carbocycles. The lowest BCUT2D eigenvalue weighted by Crippen LogP contribution is -2.28. The van der Waals surface area contributed by atoms with Crippen molar-refractivity contribution in [3.63, 3.8) is 0 Å². The summed E-state index contributed by atoms with van der Waals surface area (Å²) in [6.07, 6.45) is 1.77. The van der Waals surface area contributed by atoms with E-state index in [1.54, 1.807) is 29.2 Å². The molecule has 150 valence electrons. The Morgan fingerprint density at radius 1 is 1.24 bits per heavy atom. The van der Waals surface area contributed by atoms with Crippen molar-refractivity contribution in [2.24, 2.45) is 4.99 Å². The van der Waals surface area contributed by atoms with Crippen molar-refractivity contribution in [3.8, 4) is 5.75 Å². The van der Waals surface area contributed by atoms with Gasteiger partial charge in [-0.1, -0.05) is 24.3 Å². The maximum Gasteiger partial charge on any atom is 0.341 e. The summed E-state index contributed by atoms with van der Waals surface area (Å²) in [5.41, 5.74) is 3.77. The molecule has 1 saturated heterocycles. The highest BCUT2D eigenvalue weighted by Crippen LogP contribution is 2.35. The summed E-state index contributed by atoms with van der Waals surface area (Å²) in [4.78, 5) is 30.5. The van der Waals surface area contributed by atoms with E-state index in [4.69, 9.17) is 14.8 Å². The molecule has 29 heavy (non-hydrogen) atoms. The molecule has 2 aromatic carbocycles. The van der Waals surface area contributed by atoms with Gasteiger partial charge in [0.25, 0.3) is 5.91 Å². The first-order valence-corrected chi connectivity index (χ1v) is 10.0. The lowest BCUT2D eigenvalue weighted by molar-refractivity contribution is -0.139. The fraction of sp³-hybridized carbons (Fsp3) is 0.227. The molecule has 1 fully saturated rings. The molecule has 0 spiro atoms. The summed E-state index contributed by atoms with van der Waals surface area (Å²) >= 11 is 1.33. The van der Waals surface area contributed by atoms with Crippen LogP contribution in [0.1, 0.15) is 23.6 Å². The fourth-order valence-corrected chi connectivity index (χ4v) is 3.86.